The fraction of sp³-hybridized carbons (Fsp3) is 0.250. The van der Waals surface area contributed by atoms with Gasteiger partial charge in [-0.25, -0.2) is 0 Å². The average Bonchev–Trinajstić information content (AvgIpc) is 2.98. The molecule has 0 aromatic heterocycles. The second-order valence-electron chi connectivity index (χ2n) is 8.84. The first kappa shape index (κ1) is 26.9. The smallest absolute Gasteiger partial charge is 0.203 e. The van der Waals surface area contributed by atoms with E-state index in [-0.39, 0.29) is 0 Å². The molecule has 4 aromatic carbocycles. The molecule has 0 bridgehead atoms. The van der Waals surface area contributed by atoms with Crippen LogP contribution in [0, 0.1) is 0 Å². The van der Waals surface area contributed by atoms with Gasteiger partial charge in [-0.05, 0) is 59.4 Å². The van der Waals surface area contributed by atoms with E-state index in [1.165, 1.54) is 0 Å². The molecule has 0 spiro atoms. The van der Waals surface area contributed by atoms with Crippen molar-refractivity contribution in [1.29, 1.82) is 0 Å². The highest BCUT2D eigenvalue weighted by atomic mass is 16.5. The molecule has 0 radical (unpaired) electrons. The Bertz CT molecular complexity index is 1290. The van der Waals surface area contributed by atoms with Crippen LogP contribution in [0.4, 0.5) is 0 Å². The number of aliphatic hydroxyl groups is 1. The van der Waals surface area contributed by atoms with Crippen LogP contribution in [0.1, 0.15) is 34.8 Å². The van der Waals surface area contributed by atoms with Crippen molar-refractivity contribution in [3.63, 3.8) is 0 Å². The Kier molecular flexibility index (Phi) is 9.48. The molecule has 0 saturated heterocycles. The Morgan fingerprint density at radius 2 is 1.16 bits per heavy atom. The van der Waals surface area contributed by atoms with Gasteiger partial charge < -0.3 is 28.8 Å². The molecule has 0 aliphatic rings. The summed E-state index contributed by atoms with van der Waals surface area (Å²) in [4.78, 5) is 0. The fourth-order valence-electron chi connectivity index (χ4n) is 4.19. The number of aryl methyl sites for hydroxylation is 1. The van der Waals surface area contributed by atoms with Crippen molar-refractivity contribution in [3.8, 4) is 28.7 Å². The van der Waals surface area contributed by atoms with E-state index in [2.05, 4.69) is 0 Å². The van der Waals surface area contributed by atoms with Crippen LogP contribution in [0.25, 0.3) is 0 Å². The van der Waals surface area contributed by atoms with Gasteiger partial charge in [0.05, 0.1) is 27.4 Å². The summed E-state index contributed by atoms with van der Waals surface area (Å²) in [6.07, 6.45) is 0.412. The average molecular weight is 515 g/mol. The largest absolute Gasteiger partial charge is 0.493 e. The highest BCUT2D eigenvalue weighted by Crippen LogP contribution is 2.40. The van der Waals surface area contributed by atoms with E-state index in [9.17, 15) is 5.11 Å². The normalized spacial score (nSPS) is 11.5. The first-order valence-electron chi connectivity index (χ1n) is 12.6. The molecule has 0 heterocycles. The zero-order valence-electron chi connectivity index (χ0n) is 22.1. The Morgan fingerprint density at radius 1 is 0.579 bits per heavy atom. The zero-order chi connectivity index (χ0) is 26.7. The minimum Gasteiger partial charge on any atom is -0.493 e. The van der Waals surface area contributed by atoms with Crippen molar-refractivity contribution >= 4 is 0 Å². The molecule has 1 atom stereocenters. The number of hydrogen-bond acceptors (Lipinski definition) is 6. The molecule has 0 aliphatic heterocycles. The Morgan fingerprint density at radius 3 is 1.74 bits per heavy atom. The molecule has 0 aliphatic carbocycles. The minimum absolute atomic E-state index is 0.407. The van der Waals surface area contributed by atoms with Crippen LogP contribution in [-0.2, 0) is 19.6 Å². The third-order valence-corrected chi connectivity index (χ3v) is 6.26. The van der Waals surface area contributed by atoms with Crippen LogP contribution >= 0.6 is 0 Å². The number of benzene rings is 4. The van der Waals surface area contributed by atoms with Gasteiger partial charge in [0.2, 0.25) is 5.75 Å². The maximum Gasteiger partial charge on any atom is 0.203 e. The lowest BCUT2D eigenvalue weighted by atomic mass is 10.0. The maximum absolute atomic E-state index is 11.0. The minimum atomic E-state index is -0.693. The molecule has 38 heavy (non-hydrogen) atoms. The molecule has 0 amide bonds. The van der Waals surface area contributed by atoms with Crippen molar-refractivity contribution in [3.05, 3.63) is 113 Å². The SMILES string of the molecule is COc1ccc([C@H](O)CCc2cc(OC)c(OC)c(OCc3ccccc3)c2)cc1OCc1ccccc1. The van der Waals surface area contributed by atoms with E-state index in [4.69, 9.17) is 23.7 Å². The van der Waals surface area contributed by atoms with Crippen LogP contribution in [0.3, 0.4) is 0 Å². The molecule has 6 heteroatoms. The number of methoxy groups -OCH3 is 3. The summed E-state index contributed by atoms with van der Waals surface area (Å²) < 4.78 is 28.7. The summed E-state index contributed by atoms with van der Waals surface area (Å²) in [7, 11) is 4.80. The van der Waals surface area contributed by atoms with Crippen molar-refractivity contribution < 1.29 is 28.8 Å². The van der Waals surface area contributed by atoms with E-state index < -0.39 is 6.10 Å². The molecule has 4 aromatic rings. The highest BCUT2D eigenvalue weighted by Gasteiger charge is 2.17. The third-order valence-electron chi connectivity index (χ3n) is 6.26. The molecule has 0 unspecified atom stereocenters. The second-order valence-corrected chi connectivity index (χ2v) is 8.84. The van der Waals surface area contributed by atoms with Crippen LogP contribution in [-0.4, -0.2) is 26.4 Å². The van der Waals surface area contributed by atoms with Crippen LogP contribution in [0.5, 0.6) is 28.7 Å². The predicted molar refractivity (Wildman–Crippen MR) is 147 cm³/mol. The molecule has 0 fully saturated rings. The number of aliphatic hydroxyl groups excluding tert-OH is 1. The fourth-order valence-corrected chi connectivity index (χ4v) is 4.19. The Labute approximate surface area is 224 Å². The monoisotopic (exact) mass is 514 g/mol. The van der Waals surface area contributed by atoms with Crippen molar-refractivity contribution in [1.82, 2.24) is 0 Å². The number of ether oxygens (including phenoxy) is 5. The lowest BCUT2D eigenvalue weighted by molar-refractivity contribution is 0.167. The van der Waals surface area contributed by atoms with Crippen molar-refractivity contribution in [2.45, 2.75) is 32.2 Å². The summed E-state index contributed by atoms with van der Waals surface area (Å²) >= 11 is 0. The standard InChI is InChI=1S/C32H34O6/c1-34-28-17-15-26(20-29(28)37-21-23-10-6-4-7-11-23)27(33)16-14-25-18-30(35-2)32(36-3)31(19-25)38-22-24-12-8-5-9-13-24/h4-13,15,17-20,27,33H,14,16,21-22H2,1-3H3/t27-/m1/s1. The zero-order valence-corrected chi connectivity index (χ0v) is 22.1. The summed E-state index contributed by atoms with van der Waals surface area (Å²) in [5.41, 5.74) is 3.84. The molecular formula is C32H34O6. The van der Waals surface area contributed by atoms with Gasteiger partial charge in [-0.15, -0.1) is 0 Å². The molecule has 4 rings (SSSR count). The third kappa shape index (κ3) is 6.99. The van der Waals surface area contributed by atoms with Gasteiger partial charge in [-0.1, -0.05) is 66.7 Å². The summed E-state index contributed by atoms with van der Waals surface area (Å²) in [5, 5.41) is 11.0. The molecule has 198 valence electrons. The molecular weight excluding hydrogens is 480 g/mol. The van der Waals surface area contributed by atoms with E-state index in [1.54, 1.807) is 21.3 Å². The van der Waals surface area contributed by atoms with Gasteiger partial charge >= 0.3 is 0 Å². The van der Waals surface area contributed by atoms with Crippen molar-refractivity contribution in [2.24, 2.45) is 0 Å². The van der Waals surface area contributed by atoms with Crippen LogP contribution in [0.2, 0.25) is 0 Å². The lowest BCUT2D eigenvalue weighted by Gasteiger charge is -2.18. The van der Waals surface area contributed by atoms with E-state index in [1.807, 2.05) is 91.0 Å². The molecule has 6 nitrogen and oxygen atoms in total. The van der Waals surface area contributed by atoms with Gasteiger partial charge in [0.1, 0.15) is 13.2 Å². The topological polar surface area (TPSA) is 66.4 Å². The summed E-state index contributed by atoms with van der Waals surface area (Å²) in [6.45, 7) is 0.818. The van der Waals surface area contributed by atoms with Crippen LogP contribution < -0.4 is 23.7 Å². The summed E-state index contributed by atoms with van der Waals surface area (Å²) in [6, 6.07) is 29.3. The molecule has 1 N–H and O–H groups in total. The van der Waals surface area contributed by atoms with Gasteiger partial charge in [-0.3, -0.25) is 0 Å². The first-order chi connectivity index (χ1) is 18.6. The Balaban J connectivity index is 1.46. The van der Waals surface area contributed by atoms with Gasteiger partial charge in [-0.2, -0.15) is 0 Å². The maximum atomic E-state index is 11.0. The lowest BCUT2D eigenvalue weighted by Crippen LogP contribution is -2.04. The van der Waals surface area contributed by atoms with Gasteiger partial charge in [0.25, 0.3) is 0 Å². The number of hydrogen-bond donors (Lipinski definition) is 1. The molecule has 0 saturated carbocycles. The van der Waals surface area contributed by atoms with E-state index in [0.29, 0.717) is 54.8 Å². The number of rotatable bonds is 13. The van der Waals surface area contributed by atoms with Gasteiger partial charge in [0, 0.05) is 0 Å². The quantitative estimate of drug-likeness (QED) is 0.219. The summed E-state index contributed by atoms with van der Waals surface area (Å²) in [5.74, 6) is 2.94. The van der Waals surface area contributed by atoms with Gasteiger partial charge in [0.15, 0.2) is 23.0 Å². The predicted octanol–water partition coefficient (Wildman–Crippen LogP) is 6.54. The highest BCUT2D eigenvalue weighted by molar-refractivity contribution is 5.54. The van der Waals surface area contributed by atoms with Crippen LogP contribution in [0.15, 0.2) is 91.0 Å². The second kappa shape index (κ2) is 13.4. The van der Waals surface area contributed by atoms with E-state index in [0.717, 1.165) is 22.3 Å². The Hall–Kier alpha value is -4.16. The van der Waals surface area contributed by atoms with Crippen molar-refractivity contribution in [2.75, 3.05) is 21.3 Å². The first-order valence-corrected chi connectivity index (χ1v) is 12.6. The van der Waals surface area contributed by atoms with E-state index >= 15 is 0 Å².